The van der Waals surface area contributed by atoms with Crippen molar-refractivity contribution < 1.29 is 17.9 Å². The van der Waals surface area contributed by atoms with Crippen molar-refractivity contribution in [3.05, 3.63) is 59.1 Å². The largest absolute Gasteiger partial charge is 0.492 e. The summed E-state index contributed by atoms with van der Waals surface area (Å²) >= 11 is 6.18. The molecule has 1 amide bonds. The third-order valence-corrected chi connectivity index (χ3v) is 7.16. The van der Waals surface area contributed by atoms with Crippen molar-refractivity contribution in [1.29, 1.82) is 0 Å². The van der Waals surface area contributed by atoms with E-state index >= 15 is 0 Å². The van der Waals surface area contributed by atoms with Crippen LogP contribution in [-0.4, -0.2) is 44.9 Å². The molecule has 0 bridgehead atoms. The van der Waals surface area contributed by atoms with Gasteiger partial charge in [-0.15, -0.1) is 0 Å². The number of nitrogens with zero attached hydrogens (tertiary/aromatic N) is 1. The molecule has 156 valence electrons. The highest BCUT2D eigenvalue weighted by Crippen LogP contribution is 2.27. The number of carbonyl (C=O) groups excluding carboxylic acids is 1. The fourth-order valence-electron chi connectivity index (χ4n) is 3.22. The van der Waals surface area contributed by atoms with E-state index in [1.54, 1.807) is 0 Å². The monoisotopic (exact) mass is 436 g/mol. The number of benzene rings is 2. The second kappa shape index (κ2) is 10.1. The summed E-state index contributed by atoms with van der Waals surface area (Å²) in [5.41, 5.74) is 0.252. The van der Waals surface area contributed by atoms with Crippen LogP contribution < -0.4 is 10.1 Å². The maximum absolute atomic E-state index is 13.0. The molecular formula is C21H25ClN2O4S. The first kappa shape index (κ1) is 21.6. The summed E-state index contributed by atoms with van der Waals surface area (Å²) in [4.78, 5) is 12.4. The number of para-hydroxylation sites is 1. The molecule has 3 rings (SSSR count). The zero-order chi connectivity index (χ0) is 20.7. The molecule has 0 aliphatic carbocycles. The van der Waals surface area contributed by atoms with Gasteiger partial charge in [0, 0.05) is 18.7 Å². The second-order valence-electron chi connectivity index (χ2n) is 6.88. The molecule has 0 aromatic heterocycles. The molecule has 1 heterocycles. The number of halogens is 1. The summed E-state index contributed by atoms with van der Waals surface area (Å²) in [6, 6.07) is 13.6. The number of carbonyl (C=O) groups is 1. The van der Waals surface area contributed by atoms with Crippen LogP contribution in [0.3, 0.4) is 0 Å². The average Bonchev–Trinajstić information content (AvgIpc) is 3.02. The Bertz CT molecular complexity index is 927. The maximum atomic E-state index is 13.0. The fraction of sp³-hybridized carbons (Fsp3) is 0.381. The first-order valence-electron chi connectivity index (χ1n) is 9.74. The first-order chi connectivity index (χ1) is 14.0. The summed E-state index contributed by atoms with van der Waals surface area (Å²) in [5.74, 6) is 0.352. The van der Waals surface area contributed by atoms with E-state index in [1.807, 2.05) is 30.3 Å². The van der Waals surface area contributed by atoms with E-state index in [0.717, 1.165) is 31.4 Å². The lowest BCUT2D eigenvalue weighted by atomic mass is 10.2. The van der Waals surface area contributed by atoms with E-state index in [9.17, 15) is 13.2 Å². The van der Waals surface area contributed by atoms with Crippen LogP contribution in [0.25, 0.3) is 0 Å². The van der Waals surface area contributed by atoms with Crippen molar-refractivity contribution in [2.24, 2.45) is 0 Å². The molecule has 1 fully saturated rings. The summed E-state index contributed by atoms with van der Waals surface area (Å²) < 4.78 is 33.1. The lowest BCUT2D eigenvalue weighted by Crippen LogP contribution is -2.32. The molecule has 2 aromatic rings. The Hall–Kier alpha value is -2.09. The lowest BCUT2D eigenvalue weighted by molar-refractivity contribution is 0.0947. The smallest absolute Gasteiger partial charge is 0.251 e. The Morgan fingerprint density at radius 3 is 2.41 bits per heavy atom. The van der Waals surface area contributed by atoms with Crippen molar-refractivity contribution in [2.75, 3.05) is 26.2 Å². The molecular weight excluding hydrogens is 412 g/mol. The van der Waals surface area contributed by atoms with Crippen LogP contribution >= 0.6 is 11.6 Å². The van der Waals surface area contributed by atoms with E-state index in [-0.39, 0.29) is 21.4 Å². The molecule has 0 atom stereocenters. The minimum absolute atomic E-state index is 0.0192. The molecule has 6 nitrogen and oxygen atoms in total. The average molecular weight is 437 g/mol. The predicted molar refractivity (Wildman–Crippen MR) is 113 cm³/mol. The van der Waals surface area contributed by atoms with Crippen LogP contribution in [0.15, 0.2) is 53.4 Å². The summed E-state index contributed by atoms with van der Waals surface area (Å²) in [5, 5.41) is 2.86. The fourth-order valence-corrected chi connectivity index (χ4v) is 5.23. The van der Waals surface area contributed by atoms with E-state index in [1.165, 1.54) is 22.5 Å². The highest BCUT2D eigenvalue weighted by Gasteiger charge is 2.28. The van der Waals surface area contributed by atoms with Gasteiger partial charge >= 0.3 is 0 Å². The highest BCUT2D eigenvalue weighted by molar-refractivity contribution is 7.89. The van der Waals surface area contributed by atoms with E-state index in [0.29, 0.717) is 26.2 Å². The third-order valence-electron chi connectivity index (χ3n) is 4.78. The number of rotatable bonds is 7. The topological polar surface area (TPSA) is 75.7 Å². The molecule has 1 aliphatic rings. The van der Waals surface area contributed by atoms with Gasteiger partial charge in [-0.05, 0) is 43.2 Å². The minimum Gasteiger partial charge on any atom is -0.492 e. The van der Waals surface area contributed by atoms with Gasteiger partial charge in [0.2, 0.25) is 10.0 Å². The number of ether oxygens (including phenoxy) is 1. The third kappa shape index (κ3) is 5.72. The Morgan fingerprint density at radius 1 is 1.03 bits per heavy atom. The summed E-state index contributed by atoms with van der Waals surface area (Å²) in [7, 11) is -3.74. The van der Waals surface area contributed by atoms with Crippen LogP contribution in [-0.2, 0) is 10.0 Å². The highest BCUT2D eigenvalue weighted by atomic mass is 35.5. The number of amides is 1. The van der Waals surface area contributed by atoms with Crippen LogP contribution in [0.5, 0.6) is 5.75 Å². The van der Waals surface area contributed by atoms with Gasteiger partial charge in [0.15, 0.2) is 0 Å². The van der Waals surface area contributed by atoms with Crippen LogP contribution in [0.4, 0.5) is 0 Å². The van der Waals surface area contributed by atoms with Crippen molar-refractivity contribution in [3.8, 4) is 5.75 Å². The molecule has 1 N–H and O–H groups in total. The summed E-state index contributed by atoms with van der Waals surface area (Å²) in [6.07, 6.45) is 3.71. The molecule has 0 spiro atoms. The molecule has 0 unspecified atom stereocenters. The SMILES string of the molecule is O=C(NCCOc1ccccc1)c1ccc(Cl)c(S(=O)(=O)N2CCCCCC2)c1. The minimum atomic E-state index is -3.74. The molecule has 1 aliphatic heterocycles. The van der Waals surface area contributed by atoms with Gasteiger partial charge in [-0.25, -0.2) is 8.42 Å². The standard InChI is InChI=1S/C21H25ClN2O4S/c22-19-11-10-17(21(25)23-12-15-28-18-8-4-3-5-9-18)16-20(19)29(26,27)24-13-6-1-2-7-14-24/h3-5,8-11,16H,1-2,6-7,12-15H2,(H,23,25). The Kier molecular flexibility index (Phi) is 7.52. The molecule has 0 saturated carbocycles. The Morgan fingerprint density at radius 2 is 1.72 bits per heavy atom. The lowest BCUT2D eigenvalue weighted by Gasteiger charge is -2.21. The van der Waals surface area contributed by atoms with Gasteiger partial charge in [0.1, 0.15) is 17.3 Å². The Balaban J connectivity index is 1.65. The Labute approximate surface area is 176 Å². The van der Waals surface area contributed by atoms with Gasteiger partial charge < -0.3 is 10.1 Å². The molecule has 1 saturated heterocycles. The molecule has 2 aromatic carbocycles. The van der Waals surface area contributed by atoms with Crippen LogP contribution in [0.1, 0.15) is 36.0 Å². The molecule has 0 radical (unpaired) electrons. The predicted octanol–water partition coefficient (Wildman–Crippen LogP) is 3.71. The van der Waals surface area contributed by atoms with E-state index < -0.39 is 10.0 Å². The van der Waals surface area contributed by atoms with Crippen LogP contribution in [0.2, 0.25) is 5.02 Å². The molecule has 29 heavy (non-hydrogen) atoms. The van der Waals surface area contributed by atoms with Crippen LogP contribution in [0, 0.1) is 0 Å². The van der Waals surface area contributed by atoms with Crippen molar-refractivity contribution in [1.82, 2.24) is 9.62 Å². The zero-order valence-electron chi connectivity index (χ0n) is 16.1. The number of nitrogens with one attached hydrogen (secondary N) is 1. The number of hydrogen-bond donors (Lipinski definition) is 1. The van der Waals surface area contributed by atoms with Gasteiger partial charge in [0.25, 0.3) is 5.91 Å². The normalized spacial score (nSPS) is 15.5. The molecule has 8 heteroatoms. The van der Waals surface area contributed by atoms with E-state index in [2.05, 4.69) is 5.32 Å². The number of hydrogen-bond acceptors (Lipinski definition) is 4. The van der Waals surface area contributed by atoms with Crippen molar-refractivity contribution >= 4 is 27.5 Å². The first-order valence-corrected chi connectivity index (χ1v) is 11.6. The second-order valence-corrected chi connectivity index (χ2v) is 9.19. The van der Waals surface area contributed by atoms with Crippen molar-refractivity contribution in [2.45, 2.75) is 30.6 Å². The quantitative estimate of drug-likeness (QED) is 0.671. The van der Waals surface area contributed by atoms with Gasteiger partial charge in [0.05, 0.1) is 11.6 Å². The summed E-state index contributed by atoms with van der Waals surface area (Å²) in [6.45, 7) is 1.56. The van der Waals surface area contributed by atoms with Gasteiger partial charge in [-0.1, -0.05) is 42.6 Å². The van der Waals surface area contributed by atoms with Gasteiger partial charge in [-0.3, -0.25) is 4.79 Å². The number of sulfonamides is 1. The maximum Gasteiger partial charge on any atom is 0.251 e. The van der Waals surface area contributed by atoms with Gasteiger partial charge in [-0.2, -0.15) is 4.31 Å². The van der Waals surface area contributed by atoms with E-state index in [4.69, 9.17) is 16.3 Å². The zero-order valence-corrected chi connectivity index (χ0v) is 17.7. The van der Waals surface area contributed by atoms with Crippen molar-refractivity contribution in [3.63, 3.8) is 0 Å².